The molecule has 0 radical (unpaired) electrons. The fourth-order valence-electron chi connectivity index (χ4n) is 1.28. The molecule has 0 atom stereocenters. The van der Waals surface area contributed by atoms with E-state index in [9.17, 15) is 0 Å². The number of hydrogen-bond acceptors (Lipinski definition) is 4. The van der Waals surface area contributed by atoms with E-state index >= 15 is 0 Å². The molecular formula is C11H10BrClN4. The van der Waals surface area contributed by atoms with Crippen molar-refractivity contribution in [2.75, 3.05) is 11.1 Å². The lowest BCUT2D eigenvalue weighted by molar-refractivity contribution is 1.17. The van der Waals surface area contributed by atoms with Gasteiger partial charge in [0.2, 0.25) is 0 Å². The highest BCUT2D eigenvalue weighted by atomic mass is 79.9. The van der Waals surface area contributed by atoms with Crippen LogP contribution in [0.5, 0.6) is 0 Å². The maximum atomic E-state index is 5.99. The Kier molecular flexibility index (Phi) is 3.49. The monoisotopic (exact) mass is 312 g/mol. The maximum Gasteiger partial charge on any atom is 0.154 e. The van der Waals surface area contributed by atoms with Gasteiger partial charge in [-0.25, -0.2) is 9.97 Å². The van der Waals surface area contributed by atoms with Gasteiger partial charge in [0, 0.05) is 10.2 Å². The number of nitrogen functional groups attached to an aromatic ring is 1. The first-order valence-corrected chi connectivity index (χ1v) is 6.04. The van der Waals surface area contributed by atoms with E-state index in [0.29, 0.717) is 10.8 Å². The smallest absolute Gasteiger partial charge is 0.154 e. The SMILES string of the molecule is Cc1ccc(Nc2ncnc(N)c2Cl)cc1Br. The lowest BCUT2D eigenvalue weighted by atomic mass is 10.2. The molecule has 3 N–H and O–H groups in total. The molecule has 2 aromatic rings. The van der Waals surface area contributed by atoms with Crippen molar-refractivity contribution in [3.63, 3.8) is 0 Å². The molecule has 0 spiro atoms. The zero-order chi connectivity index (χ0) is 12.4. The van der Waals surface area contributed by atoms with Crippen molar-refractivity contribution >= 4 is 44.9 Å². The van der Waals surface area contributed by atoms with E-state index in [1.165, 1.54) is 6.33 Å². The lowest BCUT2D eigenvalue weighted by Crippen LogP contribution is -1.99. The van der Waals surface area contributed by atoms with Gasteiger partial charge in [-0.2, -0.15) is 0 Å². The van der Waals surface area contributed by atoms with E-state index in [-0.39, 0.29) is 5.82 Å². The average Bonchev–Trinajstić information content (AvgIpc) is 2.30. The third kappa shape index (κ3) is 2.68. The standard InChI is InChI=1S/C11H10BrClN4/c1-6-2-3-7(4-8(6)12)17-11-9(13)10(14)15-5-16-11/h2-5H,1H3,(H3,14,15,16,17). The second-order valence-electron chi connectivity index (χ2n) is 3.51. The minimum Gasteiger partial charge on any atom is -0.382 e. The normalized spacial score (nSPS) is 10.3. The van der Waals surface area contributed by atoms with Crippen LogP contribution in [0, 0.1) is 6.92 Å². The molecule has 0 unspecified atom stereocenters. The van der Waals surface area contributed by atoms with E-state index < -0.39 is 0 Å². The molecule has 0 aliphatic carbocycles. The van der Waals surface area contributed by atoms with Crippen molar-refractivity contribution < 1.29 is 0 Å². The summed E-state index contributed by atoms with van der Waals surface area (Å²) in [5, 5.41) is 3.41. The van der Waals surface area contributed by atoms with Gasteiger partial charge in [0.05, 0.1) is 0 Å². The summed E-state index contributed by atoms with van der Waals surface area (Å²) >= 11 is 9.45. The summed E-state index contributed by atoms with van der Waals surface area (Å²) in [6.45, 7) is 2.02. The van der Waals surface area contributed by atoms with Crippen LogP contribution in [0.1, 0.15) is 5.56 Å². The Morgan fingerprint density at radius 2 is 2.12 bits per heavy atom. The second-order valence-corrected chi connectivity index (χ2v) is 4.74. The van der Waals surface area contributed by atoms with E-state index in [1.54, 1.807) is 0 Å². The van der Waals surface area contributed by atoms with Crippen LogP contribution in [0.4, 0.5) is 17.3 Å². The summed E-state index contributed by atoms with van der Waals surface area (Å²) in [5.74, 6) is 0.755. The molecule has 17 heavy (non-hydrogen) atoms. The molecule has 1 aromatic carbocycles. The van der Waals surface area contributed by atoms with Crippen LogP contribution in [-0.4, -0.2) is 9.97 Å². The minimum atomic E-state index is 0.260. The zero-order valence-electron chi connectivity index (χ0n) is 9.04. The molecule has 0 fully saturated rings. The van der Waals surface area contributed by atoms with E-state index in [0.717, 1.165) is 15.7 Å². The van der Waals surface area contributed by atoms with Gasteiger partial charge in [-0.05, 0) is 24.6 Å². The van der Waals surface area contributed by atoms with Gasteiger partial charge in [0.25, 0.3) is 0 Å². The summed E-state index contributed by atoms with van der Waals surface area (Å²) in [4.78, 5) is 7.84. The van der Waals surface area contributed by atoms with Crippen molar-refractivity contribution in [3.05, 3.63) is 39.6 Å². The number of hydrogen-bond donors (Lipinski definition) is 2. The third-order valence-electron chi connectivity index (χ3n) is 2.25. The molecule has 1 heterocycles. The quantitative estimate of drug-likeness (QED) is 0.890. The van der Waals surface area contributed by atoms with Gasteiger partial charge in [-0.1, -0.05) is 33.6 Å². The van der Waals surface area contributed by atoms with Crippen molar-refractivity contribution in [2.24, 2.45) is 0 Å². The van der Waals surface area contributed by atoms with E-state index in [4.69, 9.17) is 17.3 Å². The maximum absolute atomic E-state index is 5.99. The van der Waals surface area contributed by atoms with Gasteiger partial charge < -0.3 is 11.1 Å². The summed E-state index contributed by atoms with van der Waals surface area (Å²) < 4.78 is 1.01. The highest BCUT2D eigenvalue weighted by Gasteiger charge is 2.07. The molecule has 6 heteroatoms. The van der Waals surface area contributed by atoms with Crippen LogP contribution in [0.15, 0.2) is 29.0 Å². The van der Waals surface area contributed by atoms with Crippen molar-refractivity contribution in [2.45, 2.75) is 6.92 Å². The van der Waals surface area contributed by atoms with Gasteiger partial charge >= 0.3 is 0 Å². The van der Waals surface area contributed by atoms with Crippen molar-refractivity contribution in [1.29, 1.82) is 0 Å². The third-order valence-corrected chi connectivity index (χ3v) is 3.48. The number of benzene rings is 1. The zero-order valence-corrected chi connectivity index (χ0v) is 11.4. The number of nitrogens with one attached hydrogen (secondary N) is 1. The molecule has 0 saturated heterocycles. The van der Waals surface area contributed by atoms with Gasteiger partial charge in [-0.15, -0.1) is 0 Å². The fourth-order valence-corrected chi connectivity index (χ4v) is 1.80. The lowest BCUT2D eigenvalue weighted by Gasteiger charge is -2.09. The van der Waals surface area contributed by atoms with Crippen LogP contribution in [-0.2, 0) is 0 Å². The molecular weight excluding hydrogens is 304 g/mol. The average molecular weight is 314 g/mol. The Labute approximate surface area is 112 Å². The molecule has 0 bridgehead atoms. The Bertz CT molecular complexity index is 559. The largest absolute Gasteiger partial charge is 0.382 e. The van der Waals surface area contributed by atoms with Crippen LogP contribution in [0.2, 0.25) is 5.02 Å². The first-order chi connectivity index (χ1) is 8.08. The van der Waals surface area contributed by atoms with Crippen LogP contribution in [0.3, 0.4) is 0 Å². The second kappa shape index (κ2) is 4.89. The van der Waals surface area contributed by atoms with Gasteiger partial charge in [0.15, 0.2) is 5.82 Å². The molecule has 1 aromatic heterocycles. The van der Waals surface area contributed by atoms with Crippen molar-refractivity contribution in [3.8, 4) is 0 Å². The fraction of sp³-hybridized carbons (Fsp3) is 0.0909. The topological polar surface area (TPSA) is 63.8 Å². The van der Waals surface area contributed by atoms with Crippen LogP contribution >= 0.6 is 27.5 Å². The predicted molar refractivity (Wildman–Crippen MR) is 73.6 cm³/mol. The summed E-state index contributed by atoms with van der Waals surface area (Å²) in [7, 11) is 0. The number of aryl methyl sites for hydroxylation is 1. The molecule has 0 aliphatic heterocycles. The summed E-state index contributed by atoms with van der Waals surface area (Å²) in [5.41, 5.74) is 7.63. The Balaban J connectivity index is 2.31. The molecule has 0 saturated carbocycles. The molecule has 4 nitrogen and oxygen atoms in total. The molecule has 2 rings (SSSR count). The molecule has 88 valence electrons. The summed E-state index contributed by atoms with van der Waals surface area (Å²) in [6.07, 6.45) is 1.37. The predicted octanol–water partition coefficient (Wildman–Crippen LogP) is 3.53. The Morgan fingerprint density at radius 3 is 2.82 bits per heavy atom. The number of halogens is 2. The number of rotatable bonds is 2. The Hall–Kier alpha value is -1.33. The van der Waals surface area contributed by atoms with Gasteiger partial charge in [-0.3, -0.25) is 0 Å². The number of aromatic nitrogens is 2. The Morgan fingerprint density at radius 1 is 1.35 bits per heavy atom. The van der Waals surface area contributed by atoms with Crippen LogP contribution < -0.4 is 11.1 Å². The highest BCUT2D eigenvalue weighted by Crippen LogP contribution is 2.28. The minimum absolute atomic E-state index is 0.260. The molecule has 0 amide bonds. The van der Waals surface area contributed by atoms with E-state index in [2.05, 4.69) is 31.2 Å². The summed E-state index contributed by atoms with van der Waals surface area (Å²) in [6, 6.07) is 5.88. The van der Waals surface area contributed by atoms with Crippen molar-refractivity contribution in [1.82, 2.24) is 9.97 Å². The number of nitrogens with two attached hydrogens (primary N) is 1. The first kappa shape index (κ1) is 12.1. The molecule has 0 aliphatic rings. The first-order valence-electron chi connectivity index (χ1n) is 4.87. The van der Waals surface area contributed by atoms with Crippen LogP contribution in [0.25, 0.3) is 0 Å². The number of nitrogens with zero attached hydrogens (tertiary/aromatic N) is 2. The van der Waals surface area contributed by atoms with Gasteiger partial charge in [0.1, 0.15) is 17.2 Å². The highest BCUT2D eigenvalue weighted by molar-refractivity contribution is 9.10. The number of anilines is 3. The van der Waals surface area contributed by atoms with E-state index in [1.807, 2.05) is 25.1 Å².